The zero-order valence-corrected chi connectivity index (χ0v) is 21.5. The monoisotopic (exact) mass is 474 g/mol. The van der Waals surface area contributed by atoms with Crippen LogP contribution in [0.2, 0.25) is 0 Å². The van der Waals surface area contributed by atoms with Crippen molar-refractivity contribution in [1.29, 1.82) is 0 Å². The molecule has 0 heterocycles. The molecule has 0 N–H and O–H groups in total. The molecule has 36 heavy (non-hydrogen) atoms. The maximum Gasteiger partial charge on any atom is 0.146 e. The van der Waals surface area contributed by atoms with Gasteiger partial charge < -0.3 is 0 Å². The van der Waals surface area contributed by atoms with Gasteiger partial charge in [0.25, 0.3) is 0 Å². The first kappa shape index (κ1) is 25.5. The second-order valence-electron chi connectivity index (χ2n) is 9.43. The number of hydrogen-bond donors (Lipinski definition) is 0. The van der Waals surface area contributed by atoms with Gasteiger partial charge in [0, 0.05) is 10.9 Å². The number of benzene rings is 4. The van der Waals surface area contributed by atoms with Crippen molar-refractivity contribution in [2.24, 2.45) is 0 Å². The van der Waals surface area contributed by atoms with Gasteiger partial charge in [0.15, 0.2) is 0 Å². The highest BCUT2D eigenvalue weighted by molar-refractivity contribution is 5.89. The molecule has 0 saturated carbocycles. The number of hydrogen-bond acceptors (Lipinski definition) is 0. The van der Waals surface area contributed by atoms with Gasteiger partial charge >= 0.3 is 0 Å². The van der Waals surface area contributed by atoms with E-state index < -0.39 is 0 Å². The molecule has 0 unspecified atom stereocenters. The van der Waals surface area contributed by atoms with Crippen molar-refractivity contribution in [3.8, 4) is 23.0 Å². The van der Waals surface area contributed by atoms with E-state index in [0.717, 1.165) is 41.3 Å². The number of rotatable bonds is 9. The van der Waals surface area contributed by atoms with Crippen LogP contribution >= 0.6 is 0 Å². The van der Waals surface area contributed by atoms with Gasteiger partial charge in [0.1, 0.15) is 5.82 Å². The second kappa shape index (κ2) is 12.9. The summed E-state index contributed by atoms with van der Waals surface area (Å²) >= 11 is 0. The van der Waals surface area contributed by atoms with Crippen molar-refractivity contribution in [2.75, 3.05) is 0 Å². The van der Waals surface area contributed by atoms with Gasteiger partial charge in [-0.05, 0) is 84.5 Å². The van der Waals surface area contributed by atoms with Crippen LogP contribution in [0.3, 0.4) is 0 Å². The second-order valence-corrected chi connectivity index (χ2v) is 9.43. The minimum atomic E-state index is -0.253. The molecule has 0 saturated heterocycles. The van der Waals surface area contributed by atoms with Crippen LogP contribution in [0.4, 0.5) is 4.39 Å². The van der Waals surface area contributed by atoms with Crippen molar-refractivity contribution < 1.29 is 4.39 Å². The minimum absolute atomic E-state index is 0.253. The first-order valence-corrected chi connectivity index (χ1v) is 13.2. The summed E-state index contributed by atoms with van der Waals surface area (Å²) in [5.41, 5.74) is 6.26. The Labute approximate surface area is 215 Å². The summed E-state index contributed by atoms with van der Waals surface area (Å²) < 4.78 is 15.3. The van der Waals surface area contributed by atoms with E-state index >= 15 is 4.39 Å². The fourth-order valence-corrected chi connectivity index (χ4v) is 4.50. The lowest BCUT2D eigenvalue weighted by atomic mass is 9.97. The Morgan fingerprint density at radius 2 is 1.44 bits per heavy atom. The normalized spacial score (nSPS) is 11.1. The third-order valence-electron chi connectivity index (χ3n) is 6.69. The lowest BCUT2D eigenvalue weighted by Crippen LogP contribution is -1.89. The van der Waals surface area contributed by atoms with Gasteiger partial charge in [-0.3, -0.25) is 0 Å². The zero-order valence-electron chi connectivity index (χ0n) is 21.5. The van der Waals surface area contributed by atoms with E-state index in [4.69, 9.17) is 0 Å². The maximum atomic E-state index is 15.3. The Bertz CT molecular complexity index is 1360. The minimum Gasteiger partial charge on any atom is -0.205 e. The van der Waals surface area contributed by atoms with Crippen molar-refractivity contribution in [3.63, 3.8) is 0 Å². The van der Waals surface area contributed by atoms with Crippen LogP contribution in [0.5, 0.6) is 0 Å². The summed E-state index contributed by atoms with van der Waals surface area (Å²) in [6.45, 7) is 4.28. The Morgan fingerprint density at radius 1 is 0.722 bits per heavy atom. The molecule has 0 atom stereocenters. The average Bonchev–Trinajstić information content (AvgIpc) is 2.92. The summed E-state index contributed by atoms with van der Waals surface area (Å²) in [6, 6.07) is 26.7. The Balaban J connectivity index is 1.47. The summed E-state index contributed by atoms with van der Waals surface area (Å²) in [5.74, 6) is 5.90. The molecule has 182 valence electrons. The predicted molar refractivity (Wildman–Crippen MR) is 153 cm³/mol. The molecule has 0 bridgehead atoms. The summed E-state index contributed by atoms with van der Waals surface area (Å²) in [4.78, 5) is 0. The molecule has 0 nitrogen and oxygen atoms in total. The largest absolute Gasteiger partial charge is 0.205 e. The van der Waals surface area contributed by atoms with Crippen LogP contribution in [0.15, 0.2) is 91.0 Å². The smallest absolute Gasteiger partial charge is 0.146 e. The van der Waals surface area contributed by atoms with Crippen molar-refractivity contribution in [3.05, 3.63) is 119 Å². The third-order valence-corrected chi connectivity index (χ3v) is 6.69. The molecule has 0 aliphatic carbocycles. The molecule has 0 radical (unpaired) electrons. The quantitative estimate of drug-likeness (QED) is 0.129. The number of aryl methyl sites for hydroxylation is 2. The van der Waals surface area contributed by atoms with Crippen LogP contribution in [-0.2, 0) is 12.8 Å². The van der Waals surface area contributed by atoms with E-state index in [-0.39, 0.29) is 5.82 Å². The van der Waals surface area contributed by atoms with Crippen LogP contribution in [0.25, 0.3) is 21.9 Å². The fraction of sp³-hybridized carbons (Fsp3) is 0.257. The first-order valence-electron chi connectivity index (χ1n) is 13.2. The SMILES string of the molecule is C/C=C/CCc1ccc(C#Cc2ccc3cc(-c4ccc(CCCCCC)cc4)ccc3c2F)cc1. The van der Waals surface area contributed by atoms with Crippen LogP contribution in [-0.4, -0.2) is 0 Å². The molecule has 0 amide bonds. The fourth-order valence-electron chi connectivity index (χ4n) is 4.50. The van der Waals surface area contributed by atoms with Gasteiger partial charge in [0.2, 0.25) is 0 Å². The van der Waals surface area contributed by atoms with Gasteiger partial charge in [-0.25, -0.2) is 4.39 Å². The Hall–Kier alpha value is -3.63. The molecule has 1 heteroatoms. The first-order chi connectivity index (χ1) is 17.7. The molecule has 0 aromatic heterocycles. The van der Waals surface area contributed by atoms with Crippen LogP contribution in [0.1, 0.15) is 68.2 Å². The highest BCUT2D eigenvalue weighted by Crippen LogP contribution is 2.28. The zero-order chi connectivity index (χ0) is 25.2. The van der Waals surface area contributed by atoms with E-state index in [1.54, 1.807) is 6.07 Å². The lowest BCUT2D eigenvalue weighted by molar-refractivity contribution is 0.636. The lowest BCUT2D eigenvalue weighted by Gasteiger charge is -2.08. The van der Waals surface area contributed by atoms with E-state index in [2.05, 4.69) is 73.4 Å². The van der Waals surface area contributed by atoms with Gasteiger partial charge in [-0.2, -0.15) is 0 Å². The van der Waals surface area contributed by atoms with Gasteiger partial charge in [-0.15, -0.1) is 0 Å². The predicted octanol–water partition coefficient (Wildman–Crippen LogP) is 9.68. The average molecular weight is 475 g/mol. The van der Waals surface area contributed by atoms with E-state index in [1.807, 2.05) is 37.3 Å². The van der Waals surface area contributed by atoms with E-state index in [0.29, 0.717) is 10.9 Å². The van der Waals surface area contributed by atoms with E-state index in [9.17, 15) is 0 Å². The molecule has 4 rings (SSSR count). The van der Waals surface area contributed by atoms with Crippen molar-refractivity contribution >= 4 is 10.8 Å². The van der Waals surface area contributed by atoms with Crippen molar-refractivity contribution in [2.45, 2.75) is 58.8 Å². The van der Waals surface area contributed by atoms with Gasteiger partial charge in [0.05, 0.1) is 5.56 Å². The standard InChI is InChI=1S/C35H35F/c1-3-5-7-9-11-28-16-19-30(20-17-28)32-24-25-34-33(26-32)23-22-31(35(34)36)21-18-29-14-12-27(13-15-29)10-8-6-4-2/h4,6,12-17,19-20,22-26H,3,5,7-11H2,1-2H3/b6-4+. The number of unbranched alkanes of at least 4 members (excludes halogenated alkanes) is 3. The molecule has 0 aliphatic heterocycles. The summed E-state index contributed by atoms with van der Waals surface area (Å²) in [5, 5.41) is 1.50. The Morgan fingerprint density at radius 3 is 2.19 bits per heavy atom. The molecule has 4 aromatic carbocycles. The summed E-state index contributed by atoms with van der Waals surface area (Å²) in [6.07, 6.45) is 12.5. The number of halogens is 1. The highest BCUT2D eigenvalue weighted by Gasteiger charge is 2.08. The molecular weight excluding hydrogens is 439 g/mol. The van der Waals surface area contributed by atoms with Crippen LogP contribution in [0, 0.1) is 17.7 Å². The molecule has 4 aromatic rings. The van der Waals surface area contributed by atoms with E-state index in [1.165, 1.54) is 36.8 Å². The number of fused-ring (bicyclic) bond motifs is 1. The third kappa shape index (κ3) is 6.73. The topological polar surface area (TPSA) is 0 Å². The Kier molecular flexibility index (Phi) is 9.12. The maximum absolute atomic E-state index is 15.3. The molecular formula is C35H35F. The van der Waals surface area contributed by atoms with Crippen molar-refractivity contribution in [1.82, 2.24) is 0 Å². The highest BCUT2D eigenvalue weighted by atomic mass is 19.1. The summed E-state index contributed by atoms with van der Waals surface area (Å²) in [7, 11) is 0. The molecule has 0 spiro atoms. The number of allylic oxidation sites excluding steroid dienone is 2. The molecule has 0 fully saturated rings. The van der Waals surface area contributed by atoms with Crippen LogP contribution < -0.4 is 0 Å². The molecule has 0 aliphatic rings. The van der Waals surface area contributed by atoms with Gasteiger partial charge in [-0.1, -0.05) is 105 Å².